The molecule has 30 heavy (non-hydrogen) atoms. The maximum atomic E-state index is 12.3. The van der Waals surface area contributed by atoms with Gasteiger partial charge in [-0.2, -0.15) is 0 Å². The van der Waals surface area contributed by atoms with Crippen molar-refractivity contribution in [3.8, 4) is 0 Å². The highest BCUT2D eigenvalue weighted by atomic mass is 32.2. The molecule has 0 aliphatic carbocycles. The van der Waals surface area contributed by atoms with Gasteiger partial charge in [0.15, 0.2) is 10.3 Å². The van der Waals surface area contributed by atoms with Crippen LogP contribution in [-0.4, -0.2) is 16.1 Å². The molecule has 0 unspecified atom stereocenters. The van der Waals surface area contributed by atoms with Crippen LogP contribution in [0.4, 0.5) is 5.69 Å². The van der Waals surface area contributed by atoms with Crippen molar-refractivity contribution in [1.29, 1.82) is 0 Å². The van der Waals surface area contributed by atoms with Gasteiger partial charge >= 0.3 is 0 Å². The molecule has 7 heteroatoms. The van der Waals surface area contributed by atoms with Gasteiger partial charge in [0.25, 0.3) is 5.91 Å². The van der Waals surface area contributed by atoms with Crippen LogP contribution in [0.2, 0.25) is 0 Å². The lowest BCUT2D eigenvalue weighted by Gasteiger charge is -2.02. The van der Waals surface area contributed by atoms with Crippen molar-refractivity contribution in [3.05, 3.63) is 89.7 Å². The van der Waals surface area contributed by atoms with Gasteiger partial charge in [-0.3, -0.25) is 9.78 Å². The number of carbonyl (C=O) groups excluding carboxylic acids is 1. The molecule has 0 spiro atoms. The molecule has 0 saturated carbocycles. The molecule has 1 aliphatic rings. The van der Waals surface area contributed by atoms with Gasteiger partial charge in [0.1, 0.15) is 5.76 Å². The number of aromatic nitrogens is 1. The molecular weight excluding hydrogens is 414 g/mol. The molecule has 2 aromatic heterocycles. The van der Waals surface area contributed by atoms with E-state index in [1.54, 1.807) is 12.3 Å². The van der Waals surface area contributed by atoms with Crippen molar-refractivity contribution in [3.63, 3.8) is 0 Å². The summed E-state index contributed by atoms with van der Waals surface area (Å²) in [4.78, 5) is 22.8. The Bertz CT molecular complexity index is 1290. The number of carbonyl (C=O) groups is 1. The van der Waals surface area contributed by atoms with E-state index in [9.17, 15) is 4.79 Å². The third-order valence-electron chi connectivity index (χ3n) is 4.32. The van der Waals surface area contributed by atoms with E-state index in [-0.39, 0.29) is 5.91 Å². The van der Waals surface area contributed by atoms with Crippen molar-refractivity contribution in [2.75, 3.05) is 0 Å². The second-order valence-corrected chi connectivity index (χ2v) is 8.48. The Morgan fingerprint density at radius 1 is 1.00 bits per heavy atom. The monoisotopic (exact) mass is 429 g/mol. The number of nitrogens with zero attached hydrogens (tertiary/aromatic N) is 2. The SMILES string of the molecule is O=C1NC(=Nc2ccccc2)S/C1=C\c1ccc(Sc2cccc3cccnc23)o1. The largest absolute Gasteiger partial charge is 0.450 e. The number of rotatable bonds is 4. The predicted molar refractivity (Wildman–Crippen MR) is 122 cm³/mol. The van der Waals surface area contributed by atoms with Crippen LogP contribution in [0, 0.1) is 0 Å². The Labute approximate surface area is 181 Å². The molecule has 1 N–H and O–H groups in total. The second kappa shape index (κ2) is 8.22. The van der Waals surface area contributed by atoms with Crippen LogP contribution in [0.25, 0.3) is 17.0 Å². The summed E-state index contributed by atoms with van der Waals surface area (Å²) in [7, 11) is 0. The number of para-hydroxylation sites is 2. The number of pyridine rings is 1. The van der Waals surface area contributed by atoms with E-state index in [0.717, 1.165) is 26.6 Å². The number of thioether (sulfide) groups is 1. The first-order chi connectivity index (χ1) is 14.7. The molecule has 3 heterocycles. The third-order valence-corrected chi connectivity index (χ3v) is 6.20. The minimum atomic E-state index is -0.182. The van der Waals surface area contributed by atoms with Gasteiger partial charge in [-0.05, 0) is 59.9 Å². The van der Waals surface area contributed by atoms with Gasteiger partial charge in [-0.25, -0.2) is 4.99 Å². The summed E-state index contributed by atoms with van der Waals surface area (Å²) in [5.41, 5.74) is 1.73. The zero-order valence-corrected chi connectivity index (χ0v) is 17.2. The van der Waals surface area contributed by atoms with Crippen molar-refractivity contribution in [2.24, 2.45) is 4.99 Å². The lowest BCUT2D eigenvalue weighted by molar-refractivity contribution is -0.115. The van der Waals surface area contributed by atoms with Crippen molar-refractivity contribution >= 4 is 57.3 Å². The fourth-order valence-corrected chi connectivity index (χ4v) is 4.69. The minimum absolute atomic E-state index is 0.182. The van der Waals surface area contributed by atoms with Crippen molar-refractivity contribution in [2.45, 2.75) is 9.99 Å². The topological polar surface area (TPSA) is 67.5 Å². The number of hydrogen-bond acceptors (Lipinski definition) is 6. The lowest BCUT2D eigenvalue weighted by atomic mass is 10.2. The average molecular weight is 430 g/mol. The van der Waals surface area contributed by atoms with Gasteiger partial charge in [-0.1, -0.05) is 36.4 Å². The lowest BCUT2D eigenvalue weighted by Crippen LogP contribution is -2.19. The third kappa shape index (κ3) is 4.03. The molecule has 5 rings (SSSR count). The summed E-state index contributed by atoms with van der Waals surface area (Å²) < 4.78 is 5.93. The van der Waals surface area contributed by atoms with Crippen LogP contribution in [0.3, 0.4) is 0 Å². The van der Waals surface area contributed by atoms with Crippen LogP contribution >= 0.6 is 23.5 Å². The quantitative estimate of drug-likeness (QED) is 0.411. The predicted octanol–water partition coefficient (Wildman–Crippen LogP) is 5.87. The Morgan fingerprint density at radius 3 is 2.77 bits per heavy atom. The van der Waals surface area contributed by atoms with E-state index < -0.39 is 0 Å². The summed E-state index contributed by atoms with van der Waals surface area (Å²) in [6.07, 6.45) is 3.52. The molecular formula is C23H15N3O2S2. The van der Waals surface area contributed by atoms with Crippen LogP contribution in [0.5, 0.6) is 0 Å². The van der Waals surface area contributed by atoms with E-state index in [4.69, 9.17) is 4.42 Å². The number of fused-ring (bicyclic) bond motifs is 1. The number of furan rings is 1. The molecule has 0 atom stereocenters. The first-order valence-corrected chi connectivity index (χ1v) is 10.8. The van der Waals surface area contributed by atoms with Gasteiger partial charge in [0, 0.05) is 22.6 Å². The molecule has 0 bridgehead atoms. The van der Waals surface area contributed by atoms with Gasteiger partial charge in [0.05, 0.1) is 16.1 Å². The zero-order valence-electron chi connectivity index (χ0n) is 15.6. The minimum Gasteiger partial charge on any atom is -0.450 e. The highest BCUT2D eigenvalue weighted by Crippen LogP contribution is 2.35. The molecule has 0 radical (unpaired) electrons. The molecule has 1 fully saturated rings. The number of benzene rings is 2. The number of nitrogens with one attached hydrogen (secondary N) is 1. The van der Waals surface area contributed by atoms with E-state index in [1.807, 2.05) is 72.8 Å². The van der Waals surface area contributed by atoms with Crippen LogP contribution < -0.4 is 5.32 Å². The number of hydrogen-bond donors (Lipinski definition) is 1. The standard InChI is InChI=1S/C23H15N3O2S2/c27-22-19(30-23(26-22)25-16-8-2-1-3-9-16)14-17-11-12-20(28-17)29-18-10-4-6-15-7-5-13-24-21(15)18/h1-14H,(H,25,26,27)/b19-14-. The molecule has 146 valence electrons. The van der Waals surface area contributed by atoms with Crippen LogP contribution in [-0.2, 0) is 4.79 Å². The first kappa shape index (κ1) is 18.7. The summed E-state index contributed by atoms with van der Waals surface area (Å²) in [5.74, 6) is 0.433. The second-order valence-electron chi connectivity index (χ2n) is 6.41. The van der Waals surface area contributed by atoms with Crippen molar-refractivity contribution < 1.29 is 9.21 Å². The summed E-state index contributed by atoms with van der Waals surface area (Å²) in [6.45, 7) is 0. The fourth-order valence-electron chi connectivity index (χ4n) is 2.96. The van der Waals surface area contributed by atoms with Gasteiger partial charge in [0.2, 0.25) is 0 Å². The Balaban J connectivity index is 1.35. The van der Waals surface area contributed by atoms with Gasteiger partial charge in [-0.15, -0.1) is 0 Å². The smallest absolute Gasteiger partial charge is 0.264 e. The fraction of sp³-hybridized carbons (Fsp3) is 0. The Kier molecular flexibility index (Phi) is 5.13. The summed E-state index contributed by atoms with van der Waals surface area (Å²) >= 11 is 2.81. The summed E-state index contributed by atoms with van der Waals surface area (Å²) in [6, 6.07) is 23.3. The van der Waals surface area contributed by atoms with E-state index >= 15 is 0 Å². The molecule has 2 aromatic carbocycles. The number of amides is 1. The van der Waals surface area contributed by atoms with Crippen molar-refractivity contribution in [1.82, 2.24) is 10.3 Å². The van der Waals surface area contributed by atoms with E-state index in [1.165, 1.54) is 23.5 Å². The number of amidine groups is 1. The Morgan fingerprint density at radius 2 is 1.87 bits per heavy atom. The number of aliphatic imine (C=N–C) groups is 1. The molecule has 1 amide bonds. The average Bonchev–Trinajstić information content (AvgIpc) is 3.35. The highest BCUT2D eigenvalue weighted by Gasteiger charge is 2.24. The molecule has 5 nitrogen and oxygen atoms in total. The van der Waals surface area contributed by atoms with E-state index in [2.05, 4.69) is 15.3 Å². The Hall–Kier alpha value is -3.29. The zero-order chi connectivity index (χ0) is 20.3. The normalized spacial score (nSPS) is 16.5. The first-order valence-electron chi connectivity index (χ1n) is 9.21. The van der Waals surface area contributed by atoms with Gasteiger partial charge < -0.3 is 9.73 Å². The summed E-state index contributed by atoms with van der Waals surface area (Å²) in [5, 5.41) is 5.17. The molecule has 4 aromatic rings. The highest BCUT2D eigenvalue weighted by molar-refractivity contribution is 8.18. The van der Waals surface area contributed by atoms with Crippen LogP contribution in [0.1, 0.15) is 5.76 Å². The van der Waals surface area contributed by atoms with E-state index in [0.29, 0.717) is 15.8 Å². The molecule has 1 saturated heterocycles. The maximum Gasteiger partial charge on any atom is 0.264 e. The molecule has 1 aliphatic heterocycles. The maximum absolute atomic E-state index is 12.3. The van der Waals surface area contributed by atoms with Crippen LogP contribution in [0.15, 0.2) is 103 Å².